The van der Waals surface area contributed by atoms with E-state index in [1.807, 2.05) is 0 Å². The summed E-state index contributed by atoms with van der Waals surface area (Å²) in [5, 5.41) is 2.31. The van der Waals surface area contributed by atoms with Crippen LogP contribution in [0, 0.1) is 0 Å². The molecule has 0 aliphatic carbocycles. The molecule has 8 nitrogen and oxygen atoms in total. The Morgan fingerprint density at radius 3 is 2.17 bits per heavy atom. The highest BCUT2D eigenvalue weighted by molar-refractivity contribution is 5.90. The number of nitrogens with one attached hydrogen (secondary N) is 3. The number of fused-ring (bicyclic) bond motifs is 1. The molecule has 1 aromatic heterocycles. The third kappa shape index (κ3) is 4.60. The van der Waals surface area contributed by atoms with Crippen LogP contribution < -0.4 is 31.0 Å². The highest BCUT2D eigenvalue weighted by atomic mass is 19.4. The summed E-state index contributed by atoms with van der Waals surface area (Å²) in [6.45, 7) is 4.81. The van der Waals surface area contributed by atoms with E-state index >= 15 is 0 Å². The fraction of sp³-hybridized carbons (Fsp3) is 0.476. The van der Waals surface area contributed by atoms with Gasteiger partial charge in [0.25, 0.3) is 5.56 Å². The molecule has 0 saturated heterocycles. The van der Waals surface area contributed by atoms with Crippen LogP contribution in [0.5, 0.6) is 11.5 Å². The average Bonchev–Trinajstić information content (AvgIpc) is 2.73. The smallest absolute Gasteiger partial charge is 0.446 e. The molecule has 0 bridgehead atoms. The normalized spacial score (nSPS) is 15.2. The molecule has 0 fully saturated rings. The zero-order chi connectivity index (χ0) is 26.2. The van der Waals surface area contributed by atoms with Gasteiger partial charge in [0.2, 0.25) is 11.7 Å². The minimum Gasteiger partial charge on any atom is -0.490 e. The highest BCUT2D eigenvalue weighted by Crippen LogP contribution is 2.48. The molecule has 0 saturated carbocycles. The number of benzene rings is 1. The summed E-state index contributed by atoms with van der Waals surface area (Å²) >= 11 is 0. The molecular weight excluding hydrogens is 486 g/mol. The highest BCUT2D eigenvalue weighted by Gasteiger charge is 2.78. The lowest BCUT2D eigenvalue weighted by Gasteiger charge is -2.34. The lowest BCUT2D eigenvalue weighted by molar-refractivity contribution is -0.659. The summed E-state index contributed by atoms with van der Waals surface area (Å²) in [6.07, 6.45) is -11.9. The number of hydrogen-bond donors (Lipinski definition) is 3. The Balaban J connectivity index is 2.12. The van der Waals surface area contributed by atoms with E-state index < -0.39 is 46.4 Å². The monoisotopic (exact) mass is 509 g/mol. The van der Waals surface area contributed by atoms with E-state index in [0.29, 0.717) is 34.8 Å². The van der Waals surface area contributed by atoms with Crippen LogP contribution in [-0.2, 0) is 18.5 Å². The second-order valence-corrected chi connectivity index (χ2v) is 7.65. The van der Waals surface area contributed by atoms with E-state index in [0.717, 1.165) is 6.92 Å². The molecule has 3 rings (SSSR count). The second kappa shape index (κ2) is 9.30. The van der Waals surface area contributed by atoms with E-state index in [2.05, 4.69) is 5.32 Å². The summed E-state index contributed by atoms with van der Waals surface area (Å²) in [7, 11) is 0. The molecule has 2 aromatic rings. The Labute approximate surface area is 194 Å². The van der Waals surface area contributed by atoms with Crippen molar-refractivity contribution in [3.05, 3.63) is 50.2 Å². The first-order valence-electron chi connectivity index (χ1n) is 10.5. The predicted octanol–water partition coefficient (Wildman–Crippen LogP) is 1.82. The number of aromatic nitrogens is 2. The van der Waals surface area contributed by atoms with E-state index in [9.17, 15) is 35.9 Å². The van der Waals surface area contributed by atoms with Crippen LogP contribution in [0.4, 0.5) is 32.2 Å². The zero-order valence-corrected chi connectivity index (χ0v) is 18.9. The van der Waals surface area contributed by atoms with Crippen molar-refractivity contribution in [3.8, 4) is 11.5 Å². The topological polar surface area (TPSA) is 99.3 Å². The Kier molecular flexibility index (Phi) is 6.95. The first-order valence-corrected chi connectivity index (χ1v) is 10.5. The molecule has 1 aromatic carbocycles. The van der Waals surface area contributed by atoms with Crippen molar-refractivity contribution < 1.29 is 40.8 Å². The van der Waals surface area contributed by atoms with Gasteiger partial charge in [0, 0.05) is 13.5 Å². The number of ether oxygens (including phenoxy) is 2. The first-order chi connectivity index (χ1) is 16.3. The number of H-pyrrole nitrogens is 1. The number of aromatic amines is 1. The van der Waals surface area contributed by atoms with Gasteiger partial charge in [-0.25, -0.2) is 10.1 Å². The summed E-state index contributed by atoms with van der Waals surface area (Å²) in [5.41, 5.74) is -8.80. The van der Waals surface area contributed by atoms with Crippen molar-refractivity contribution in [1.29, 1.82) is 0 Å². The van der Waals surface area contributed by atoms with Crippen LogP contribution in [0.3, 0.4) is 0 Å². The molecular formula is C21H23F6N4O4+. The van der Waals surface area contributed by atoms with Gasteiger partial charge >= 0.3 is 23.6 Å². The number of alkyl halides is 6. The number of hydrogen-bond acceptors (Lipinski definition) is 5. The second-order valence-electron chi connectivity index (χ2n) is 7.65. The van der Waals surface area contributed by atoms with Gasteiger partial charge in [0.1, 0.15) is 5.56 Å². The first kappa shape index (κ1) is 26.2. The van der Waals surface area contributed by atoms with E-state index in [4.69, 9.17) is 9.47 Å². The lowest BCUT2D eigenvalue weighted by atomic mass is 9.88. The Morgan fingerprint density at radius 2 is 1.60 bits per heavy atom. The number of amidine groups is 1. The molecule has 1 aliphatic heterocycles. The van der Waals surface area contributed by atoms with Gasteiger partial charge in [-0.15, -0.1) is 0 Å². The Hall–Kier alpha value is -3.45. The third-order valence-electron chi connectivity index (χ3n) is 5.34. The summed E-state index contributed by atoms with van der Waals surface area (Å²) in [6, 6.07) is 4.83. The van der Waals surface area contributed by atoms with Crippen molar-refractivity contribution in [2.75, 3.05) is 18.5 Å². The minimum absolute atomic E-state index is 0.0179. The summed E-state index contributed by atoms with van der Waals surface area (Å²) < 4.78 is 95.2. The van der Waals surface area contributed by atoms with Gasteiger partial charge in [0.15, 0.2) is 11.5 Å². The van der Waals surface area contributed by atoms with Crippen LogP contribution in [0.15, 0.2) is 27.8 Å². The van der Waals surface area contributed by atoms with Gasteiger partial charge in [0.05, 0.1) is 13.2 Å². The number of aryl methyl sites for hydroxylation is 1. The molecule has 0 atom stereocenters. The average molecular weight is 509 g/mol. The quantitative estimate of drug-likeness (QED) is 0.495. The van der Waals surface area contributed by atoms with Crippen LogP contribution >= 0.6 is 0 Å². The summed E-state index contributed by atoms with van der Waals surface area (Å²) in [4.78, 5) is 27.8. The minimum atomic E-state index is -5.96. The molecule has 1 aliphatic rings. The zero-order valence-electron chi connectivity index (χ0n) is 18.9. The maximum atomic E-state index is 13.9. The number of rotatable bonds is 7. The van der Waals surface area contributed by atoms with Gasteiger partial charge in [-0.2, -0.15) is 26.3 Å². The van der Waals surface area contributed by atoms with Crippen molar-refractivity contribution in [2.45, 2.75) is 51.6 Å². The number of nitrogens with zero attached hydrogens (tertiary/aromatic N) is 1. The molecule has 0 amide bonds. The van der Waals surface area contributed by atoms with Crippen molar-refractivity contribution >= 4 is 11.7 Å². The molecule has 14 heteroatoms. The SMILES string of the molecule is CCOc1ccc(CCn2c3c(c(=O)[nH]c2=O)C(C(F)(F)F)(C(F)(F)F)[NH+]=C(C)N3)cc1OCC. The van der Waals surface area contributed by atoms with Crippen molar-refractivity contribution in [1.82, 2.24) is 9.55 Å². The van der Waals surface area contributed by atoms with Gasteiger partial charge in [-0.1, -0.05) is 6.07 Å². The van der Waals surface area contributed by atoms with Crippen LogP contribution in [0.1, 0.15) is 31.9 Å². The van der Waals surface area contributed by atoms with Crippen LogP contribution in [0.25, 0.3) is 0 Å². The van der Waals surface area contributed by atoms with E-state index in [1.165, 1.54) is 4.99 Å². The summed E-state index contributed by atoms with van der Waals surface area (Å²) in [5.74, 6) is -0.677. The molecule has 0 spiro atoms. The lowest BCUT2D eigenvalue weighted by Crippen LogP contribution is -2.96. The van der Waals surface area contributed by atoms with E-state index in [-0.39, 0.29) is 13.0 Å². The number of halogens is 6. The molecule has 0 unspecified atom stereocenters. The predicted molar refractivity (Wildman–Crippen MR) is 113 cm³/mol. The maximum absolute atomic E-state index is 13.9. The molecule has 2 heterocycles. The maximum Gasteiger partial charge on any atom is 0.446 e. The van der Waals surface area contributed by atoms with Gasteiger partial charge in [-0.3, -0.25) is 19.3 Å². The standard InChI is InChI=1S/C21H22F6N4O4/c1-4-34-13-7-6-12(10-14(13)35-5-2)8-9-31-16-15(17(32)29-18(31)33)19(20(22,23)24,21(25,26)27)30-11(3)28-16/h6-7,10H,4-5,8-9H2,1-3H3,(H,28,30)(H,29,32,33)/p+1. The Bertz CT molecular complexity index is 1230. The fourth-order valence-corrected chi connectivity index (χ4v) is 3.89. The Morgan fingerprint density at radius 1 is 1.00 bits per heavy atom. The molecule has 0 radical (unpaired) electrons. The number of anilines is 1. The van der Waals surface area contributed by atoms with Crippen LogP contribution in [-0.4, -0.2) is 41.0 Å². The van der Waals surface area contributed by atoms with Crippen molar-refractivity contribution in [2.24, 2.45) is 0 Å². The van der Waals surface area contributed by atoms with Crippen molar-refractivity contribution in [3.63, 3.8) is 0 Å². The van der Waals surface area contributed by atoms with Gasteiger partial charge in [-0.05, 0) is 38.0 Å². The fourth-order valence-electron chi connectivity index (χ4n) is 3.89. The van der Waals surface area contributed by atoms with Crippen LogP contribution in [0.2, 0.25) is 0 Å². The molecule has 3 N–H and O–H groups in total. The largest absolute Gasteiger partial charge is 0.490 e. The molecule has 192 valence electrons. The van der Waals surface area contributed by atoms with Gasteiger partial charge < -0.3 is 9.47 Å². The third-order valence-corrected chi connectivity index (χ3v) is 5.34. The molecule has 35 heavy (non-hydrogen) atoms. The van der Waals surface area contributed by atoms with E-state index in [1.54, 1.807) is 37.0 Å².